The van der Waals surface area contributed by atoms with Crippen molar-refractivity contribution in [3.05, 3.63) is 199 Å². The van der Waals surface area contributed by atoms with E-state index in [0.717, 1.165) is 88.9 Å². The van der Waals surface area contributed by atoms with Crippen LogP contribution in [0.15, 0.2) is 174 Å². The van der Waals surface area contributed by atoms with E-state index >= 15 is 0 Å². The summed E-state index contributed by atoms with van der Waals surface area (Å²) in [4.78, 5) is 14.4. The monoisotopic (exact) mass is 989 g/mol. The van der Waals surface area contributed by atoms with Crippen molar-refractivity contribution < 1.29 is 27.3 Å². The number of benzene rings is 6. The van der Waals surface area contributed by atoms with Gasteiger partial charge in [-0.05, 0) is 71.6 Å². The van der Waals surface area contributed by atoms with Gasteiger partial charge in [0.05, 0.1) is 30.5 Å². The summed E-state index contributed by atoms with van der Waals surface area (Å²) in [5, 5.41) is 3.08. The summed E-state index contributed by atoms with van der Waals surface area (Å²) in [5.74, 6) is 0.528. The van der Waals surface area contributed by atoms with Crippen LogP contribution in [0, 0.1) is 19.1 Å². The van der Waals surface area contributed by atoms with E-state index in [0.29, 0.717) is 5.71 Å². The van der Waals surface area contributed by atoms with E-state index in [1.54, 1.807) is 0 Å². The van der Waals surface area contributed by atoms with Crippen LogP contribution in [0.4, 0.5) is 0 Å². The van der Waals surface area contributed by atoms with Crippen molar-refractivity contribution in [1.82, 2.24) is 19.5 Å². The van der Waals surface area contributed by atoms with Crippen molar-refractivity contribution >= 4 is 46.4 Å². The quantitative estimate of drug-likeness (QED) is 0.112. The third-order valence-corrected chi connectivity index (χ3v) is 12.8. The summed E-state index contributed by atoms with van der Waals surface area (Å²) < 4.78 is 26.6. The van der Waals surface area contributed by atoms with Crippen molar-refractivity contribution in [2.45, 2.75) is 45.8 Å². The Morgan fingerprint density at radius 3 is 2.23 bits per heavy atom. The summed E-state index contributed by atoms with van der Waals surface area (Å²) in [7, 11) is -1.77. The van der Waals surface area contributed by atoms with Crippen molar-refractivity contribution in [2.75, 3.05) is 0 Å². The molecule has 7 heteroatoms. The van der Waals surface area contributed by atoms with Gasteiger partial charge >= 0.3 is 0 Å². The van der Waals surface area contributed by atoms with Crippen molar-refractivity contribution in [1.29, 1.82) is 0 Å². The van der Waals surface area contributed by atoms with Crippen LogP contribution < -0.4 is 5.19 Å². The number of pyridine rings is 2. The molecular formula is C54H46IrN4OSi-2. The molecule has 303 valence electrons. The Hall–Kier alpha value is -6.24. The smallest absolute Gasteiger partial charge is 0.216 e. The van der Waals surface area contributed by atoms with Gasteiger partial charge in [0.1, 0.15) is 0 Å². The van der Waals surface area contributed by atoms with E-state index in [1.165, 1.54) is 0 Å². The Balaban J connectivity index is 0.000000177. The normalized spacial score (nSPS) is 12.6. The molecular weight excluding hydrogens is 941 g/mol. The fraction of sp³-hybridized carbons (Fsp3) is 0.130. The minimum atomic E-state index is -1.77. The van der Waals surface area contributed by atoms with Crippen LogP contribution in [0.25, 0.3) is 72.6 Å². The van der Waals surface area contributed by atoms with E-state index < -0.39 is 14.4 Å². The number of fused-ring (bicyclic) bond motifs is 4. The number of rotatable bonds is 8. The van der Waals surface area contributed by atoms with Crippen molar-refractivity contribution in [3.8, 4) is 39.5 Å². The van der Waals surface area contributed by atoms with Crippen LogP contribution in [0.5, 0.6) is 0 Å². The summed E-state index contributed by atoms with van der Waals surface area (Å²) in [6, 6.07) is 61.4. The first-order valence-electron chi connectivity index (χ1n) is 21.4. The number of aromatic nitrogens is 4. The zero-order valence-corrected chi connectivity index (χ0v) is 38.2. The molecule has 1 radical (unpaired) electrons. The maximum Gasteiger partial charge on any atom is 0.216 e. The second-order valence-corrected chi connectivity index (χ2v) is 21.1. The van der Waals surface area contributed by atoms with E-state index in [4.69, 9.17) is 12.1 Å². The molecule has 0 saturated heterocycles. The Morgan fingerprint density at radius 2 is 1.46 bits per heavy atom. The largest absolute Gasteiger partial charge is 0.486 e. The molecule has 10 aromatic rings. The Kier molecular flexibility index (Phi) is 11.3. The topological polar surface area (TPSA) is 56.7 Å². The van der Waals surface area contributed by atoms with Gasteiger partial charge in [0.15, 0.2) is 0 Å². The minimum absolute atomic E-state index is 0. The van der Waals surface area contributed by atoms with Crippen LogP contribution in [-0.2, 0) is 26.5 Å². The average Bonchev–Trinajstić information content (AvgIpc) is 3.87. The van der Waals surface area contributed by atoms with Gasteiger partial charge in [0, 0.05) is 51.4 Å². The van der Waals surface area contributed by atoms with E-state index in [1.807, 2.05) is 123 Å². The molecule has 10 rings (SSSR count). The standard InChI is InChI=1S/C31H20N3O.C23H26NSi.Ir/c1-20-18-19-24-23-13-9-14-25(29(23)35-31(24)32-20)30-33-26-15-6-8-17-28(26)34(30)27-16-7-5-12-22(27)21-10-3-2-4-11-21;1-18(19-11-7-5-8-12-19)15-21-16-22(20-13-9-6-10-14-20)24-17-23(21)25(2,3)4;/h2-13,15-19H,1H3;5-13,16-18H,15H2,1-4H3;/q2*-1;/i;15D2;. The first-order chi connectivity index (χ1) is 30.0. The number of imidazole rings is 1. The maximum absolute atomic E-state index is 9.04. The zero-order chi connectivity index (χ0) is 43.0. The van der Waals surface area contributed by atoms with Crippen LogP contribution in [0.3, 0.4) is 0 Å². The molecule has 0 aliphatic heterocycles. The molecule has 61 heavy (non-hydrogen) atoms. The summed E-state index contributed by atoms with van der Waals surface area (Å²) in [5.41, 5.74) is 11.8. The third kappa shape index (κ3) is 8.55. The van der Waals surface area contributed by atoms with Gasteiger partial charge in [-0.25, -0.2) is 4.98 Å². The molecule has 0 aliphatic carbocycles. The average molecular weight is 989 g/mol. The Labute approximate surface area is 375 Å². The van der Waals surface area contributed by atoms with E-state index in [-0.39, 0.29) is 26.0 Å². The van der Waals surface area contributed by atoms with Gasteiger partial charge in [-0.1, -0.05) is 140 Å². The van der Waals surface area contributed by atoms with Crippen LogP contribution in [0.1, 0.15) is 32.4 Å². The van der Waals surface area contributed by atoms with Crippen LogP contribution in [-0.4, -0.2) is 27.6 Å². The van der Waals surface area contributed by atoms with E-state index in [9.17, 15) is 0 Å². The van der Waals surface area contributed by atoms with Gasteiger partial charge in [0.25, 0.3) is 0 Å². The molecule has 0 amide bonds. The predicted octanol–water partition coefficient (Wildman–Crippen LogP) is 13.2. The number of furan rings is 1. The second kappa shape index (κ2) is 17.8. The number of hydrogen-bond donors (Lipinski definition) is 0. The Bertz CT molecular complexity index is 3180. The van der Waals surface area contributed by atoms with Gasteiger partial charge in [-0.2, -0.15) is 0 Å². The summed E-state index contributed by atoms with van der Waals surface area (Å²) in [6.45, 7) is 10.7. The van der Waals surface area contributed by atoms with Gasteiger partial charge in [-0.3, -0.25) is 4.98 Å². The molecule has 6 aromatic carbocycles. The maximum atomic E-state index is 9.04. The first-order valence-corrected chi connectivity index (χ1v) is 23.9. The summed E-state index contributed by atoms with van der Waals surface area (Å²) in [6.07, 6.45) is 0.400. The SMILES string of the molecule is Cc1ccc2c(n1)oc1c(-c3nc4ccccc4n3-c3ccccc3-c3ccccc3)[c-]ccc12.[2H]C([2H])(c1cc(-c2[c-]cccc2)ncc1[Si](C)(C)C)C(C)c1ccccc1.[Ir]. The first kappa shape index (κ1) is 38.9. The molecule has 0 aliphatic rings. The predicted molar refractivity (Wildman–Crippen MR) is 251 cm³/mol. The van der Waals surface area contributed by atoms with Crippen LogP contribution in [0.2, 0.25) is 19.6 Å². The van der Waals surface area contributed by atoms with Crippen LogP contribution >= 0.6 is 0 Å². The van der Waals surface area contributed by atoms with E-state index in [2.05, 4.69) is 107 Å². The molecule has 0 N–H and O–H groups in total. The van der Waals surface area contributed by atoms with Crippen molar-refractivity contribution in [2.24, 2.45) is 0 Å². The Morgan fingerprint density at radius 1 is 0.738 bits per heavy atom. The van der Waals surface area contributed by atoms with Crippen molar-refractivity contribution in [3.63, 3.8) is 0 Å². The van der Waals surface area contributed by atoms with Gasteiger partial charge < -0.3 is 14.0 Å². The van der Waals surface area contributed by atoms with Gasteiger partial charge in [-0.15, -0.1) is 54.1 Å². The fourth-order valence-electron chi connectivity index (χ4n) is 7.78. The summed E-state index contributed by atoms with van der Waals surface area (Å²) >= 11 is 0. The second-order valence-electron chi connectivity index (χ2n) is 16.1. The number of para-hydroxylation sites is 3. The fourth-order valence-corrected chi connectivity index (χ4v) is 9.18. The molecule has 0 bridgehead atoms. The molecule has 0 saturated carbocycles. The molecule has 4 aromatic heterocycles. The van der Waals surface area contributed by atoms with Gasteiger partial charge in [0.2, 0.25) is 5.71 Å². The molecule has 5 nitrogen and oxygen atoms in total. The third-order valence-electron chi connectivity index (χ3n) is 10.8. The molecule has 1 unspecified atom stereocenters. The minimum Gasteiger partial charge on any atom is -0.486 e. The number of aryl methyl sites for hydroxylation is 1. The number of nitrogens with zero attached hydrogens (tertiary/aromatic N) is 4. The molecule has 0 fully saturated rings. The zero-order valence-electron chi connectivity index (χ0n) is 36.8. The number of hydrogen-bond acceptors (Lipinski definition) is 4. The molecule has 4 heterocycles. The molecule has 1 atom stereocenters. The molecule has 0 spiro atoms.